The smallest absolute Gasteiger partial charge is 0.122 e. The SMILES string of the molecule is Cl.N=C(N)c1ccc(OCc2cc(COc3ccc(C(=N)N)cc3)c3ccccc3c2)cc1. The summed E-state index contributed by atoms with van der Waals surface area (Å²) in [6.45, 7) is 0.811. The van der Waals surface area contributed by atoms with Crippen LogP contribution in [0.4, 0.5) is 0 Å². The van der Waals surface area contributed by atoms with E-state index in [1.54, 1.807) is 24.3 Å². The van der Waals surface area contributed by atoms with Crippen molar-refractivity contribution in [3.8, 4) is 11.5 Å². The highest BCUT2D eigenvalue weighted by Gasteiger charge is 2.07. The lowest BCUT2D eigenvalue weighted by molar-refractivity contribution is 0.301. The fraction of sp³-hybridized carbons (Fsp3) is 0.0769. The first-order valence-corrected chi connectivity index (χ1v) is 10.1. The molecule has 0 atom stereocenters. The first kappa shape index (κ1) is 23.6. The number of hydrogen-bond donors (Lipinski definition) is 4. The van der Waals surface area contributed by atoms with Gasteiger partial charge in [-0.25, -0.2) is 0 Å². The third-order valence-electron chi connectivity index (χ3n) is 5.14. The zero-order chi connectivity index (χ0) is 22.5. The van der Waals surface area contributed by atoms with Crippen LogP contribution >= 0.6 is 12.4 Å². The molecule has 0 aromatic heterocycles. The summed E-state index contributed by atoms with van der Waals surface area (Å²) >= 11 is 0. The van der Waals surface area contributed by atoms with E-state index in [1.807, 2.05) is 36.4 Å². The van der Waals surface area contributed by atoms with Crippen molar-refractivity contribution < 1.29 is 9.47 Å². The molecule has 4 rings (SSSR count). The predicted octanol–water partition coefficient (Wildman–Crippen LogP) is 4.99. The van der Waals surface area contributed by atoms with Crippen LogP contribution < -0.4 is 20.9 Å². The minimum Gasteiger partial charge on any atom is -0.489 e. The Balaban J connectivity index is 0.00000306. The fourth-order valence-corrected chi connectivity index (χ4v) is 3.45. The number of nitrogens with two attached hydrogens (primary N) is 2. The van der Waals surface area contributed by atoms with Crippen LogP contribution in [-0.4, -0.2) is 11.7 Å². The molecule has 0 aliphatic rings. The van der Waals surface area contributed by atoms with E-state index < -0.39 is 0 Å². The van der Waals surface area contributed by atoms with Crippen molar-refractivity contribution in [1.82, 2.24) is 0 Å². The van der Waals surface area contributed by atoms with Gasteiger partial charge in [-0.05, 0) is 82.6 Å². The van der Waals surface area contributed by atoms with Gasteiger partial charge >= 0.3 is 0 Å². The van der Waals surface area contributed by atoms with E-state index in [1.165, 1.54) is 0 Å². The number of rotatable bonds is 8. The Morgan fingerprint density at radius 3 is 1.73 bits per heavy atom. The molecule has 7 heteroatoms. The molecule has 0 heterocycles. The van der Waals surface area contributed by atoms with Crippen molar-refractivity contribution in [3.63, 3.8) is 0 Å². The first-order valence-electron chi connectivity index (χ1n) is 10.1. The van der Waals surface area contributed by atoms with Gasteiger partial charge in [-0.2, -0.15) is 0 Å². The van der Waals surface area contributed by atoms with Gasteiger partial charge in [-0.15, -0.1) is 12.4 Å². The van der Waals surface area contributed by atoms with Crippen molar-refractivity contribution in [2.24, 2.45) is 11.5 Å². The highest BCUT2D eigenvalue weighted by atomic mass is 35.5. The molecule has 0 fully saturated rings. The monoisotopic (exact) mass is 460 g/mol. The maximum Gasteiger partial charge on any atom is 0.122 e. The third kappa shape index (κ3) is 5.81. The molecular weight excluding hydrogens is 436 g/mol. The summed E-state index contributed by atoms with van der Waals surface area (Å²) in [4.78, 5) is 0. The number of amidine groups is 2. The van der Waals surface area contributed by atoms with Crippen molar-refractivity contribution >= 4 is 34.9 Å². The molecule has 0 bridgehead atoms. The van der Waals surface area contributed by atoms with Crippen LogP contribution in [0, 0.1) is 10.8 Å². The topological polar surface area (TPSA) is 118 Å². The fourth-order valence-electron chi connectivity index (χ4n) is 3.45. The molecule has 0 amide bonds. The number of nitrogen functional groups attached to an aromatic ring is 2. The number of hydrogen-bond acceptors (Lipinski definition) is 4. The van der Waals surface area contributed by atoms with Crippen molar-refractivity contribution in [2.75, 3.05) is 0 Å². The summed E-state index contributed by atoms with van der Waals surface area (Å²) in [7, 11) is 0. The molecule has 0 saturated carbocycles. The Bertz CT molecular complexity index is 1270. The van der Waals surface area contributed by atoms with Gasteiger partial charge in [-0.3, -0.25) is 10.8 Å². The molecule has 6 N–H and O–H groups in total. The first-order chi connectivity index (χ1) is 15.5. The molecule has 0 radical (unpaired) electrons. The van der Waals surface area contributed by atoms with E-state index in [0.717, 1.165) is 21.9 Å². The van der Waals surface area contributed by atoms with Gasteiger partial charge in [0.25, 0.3) is 0 Å². The largest absolute Gasteiger partial charge is 0.489 e. The van der Waals surface area contributed by atoms with Gasteiger partial charge in [0, 0.05) is 11.1 Å². The molecule has 0 aliphatic carbocycles. The Labute approximate surface area is 198 Å². The minimum absolute atomic E-state index is 0. The Morgan fingerprint density at radius 2 is 1.18 bits per heavy atom. The summed E-state index contributed by atoms with van der Waals surface area (Å²) in [6, 6.07) is 26.7. The zero-order valence-electron chi connectivity index (χ0n) is 17.9. The van der Waals surface area contributed by atoms with Gasteiger partial charge in [-0.1, -0.05) is 24.3 Å². The lowest BCUT2D eigenvalue weighted by atomic mass is 10.0. The van der Waals surface area contributed by atoms with Crippen LogP contribution in [-0.2, 0) is 13.2 Å². The normalized spacial score (nSPS) is 10.3. The molecule has 33 heavy (non-hydrogen) atoms. The van der Waals surface area contributed by atoms with Crippen LogP contribution in [0.15, 0.2) is 84.9 Å². The number of benzene rings is 4. The summed E-state index contributed by atoms with van der Waals surface area (Å²) in [6.07, 6.45) is 0. The molecule has 6 nitrogen and oxygen atoms in total. The summed E-state index contributed by atoms with van der Waals surface area (Å²) in [5.74, 6) is 1.50. The van der Waals surface area contributed by atoms with E-state index in [2.05, 4.69) is 24.3 Å². The number of halogens is 1. The van der Waals surface area contributed by atoms with E-state index in [4.69, 9.17) is 31.8 Å². The van der Waals surface area contributed by atoms with Gasteiger partial charge < -0.3 is 20.9 Å². The highest BCUT2D eigenvalue weighted by molar-refractivity contribution is 5.95. The van der Waals surface area contributed by atoms with Crippen molar-refractivity contribution in [2.45, 2.75) is 13.2 Å². The second kappa shape index (κ2) is 10.5. The lowest BCUT2D eigenvalue weighted by Crippen LogP contribution is -2.10. The van der Waals surface area contributed by atoms with E-state index in [-0.39, 0.29) is 24.1 Å². The maximum absolute atomic E-state index is 7.50. The standard InChI is InChI=1S/C26H24N4O2.ClH/c27-25(28)18-5-9-22(10-6-18)31-15-17-13-20-3-1-2-4-24(20)21(14-17)16-32-23-11-7-19(8-12-23)26(29)30;/h1-14H,15-16H2,(H3,27,28)(H3,29,30);1H. The average molecular weight is 461 g/mol. The molecule has 0 spiro atoms. The maximum atomic E-state index is 7.50. The van der Waals surface area contributed by atoms with E-state index in [9.17, 15) is 0 Å². The Hall–Kier alpha value is -4.03. The number of ether oxygens (including phenoxy) is 2. The Morgan fingerprint density at radius 1 is 0.667 bits per heavy atom. The zero-order valence-corrected chi connectivity index (χ0v) is 18.7. The molecule has 168 valence electrons. The third-order valence-corrected chi connectivity index (χ3v) is 5.14. The molecule has 0 aliphatic heterocycles. The summed E-state index contributed by atoms with van der Waals surface area (Å²) < 4.78 is 11.9. The van der Waals surface area contributed by atoms with Crippen molar-refractivity contribution in [3.05, 3.63) is 107 Å². The number of fused-ring (bicyclic) bond motifs is 1. The highest BCUT2D eigenvalue weighted by Crippen LogP contribution is 2.24. The van der Waals surface area contributed by atoms with Crippen LogP contribution in [0.5, 0.6) is 11.5 Å². The van der Waals surface area contributed by atoms with Crippen LogP contribution in [0.1, 0.15) is 22.3 Å². The second-order valence-corrected chi connectivity index (χ2v) is 7.43. The Kier molecular flexibility index (Phi) is 7.53. The van der Waals surface area contributed by atoms with E-state index in [0.29, 0.717) is 35.8 Å². The second-order valence-electron chi connectivity index (χ2n) is 7.43. The molecule has 4 aromatic carbocycles. The number of nitrogens with one attached hydrogen (secondary N) is 2. The van der Waals surface area contributed by atoms with Gasteiger partial charge in [0.05, 0.1) is 0 Å². The predicted molar refractivity (Wildman–Crippen MR) is 135 cm³/mol. The molecular formula is C26H25ClN4O2. The average Bonchev–Trinajstić information content (AvgIpc) is 2.81. The lowest BCUT2D eigenvalue weighted by Gasteiger charge is -2.13. The van der Waals surface area contributed by atoms with E-state index >= 15 is 0 Å². The summed E-state index contributed by atoms with van der Waals surface area (Å²) in [5, 5.41) is 17.2. The van der Waals surface area contributed by atoms with Gasteiger partial charge in [0.1, 0.15) is 36.4 Å². The minimum atomic E-state index is 0. The van der Waals surface area contributed by atoms with Crippen LogP contribution in [0.25, 0.3) is 10.8 Å². The molecule has 0 saturated heterocycles. The van der Waals surface area contributed by atoms with Gasteiger partial charge in [0.15, 0.2) is 0 Å². The van der Waals surface area contributed by atoms with Crippen LogP contribution in [0.2, 0.25) is 0 Å². The summed E-state index contributed by atoms with van der Waals surface area (Å²) in [5.41, 5.74) is 14.4. The molecule has 0 unspecified atom stereocenters. The van der Waals surface area contributed by atoms with Crippen molar-refractivity contribution in [1.29, 1.82) is 10.8 Å². The quantitative estimate of drug-likeness (QED) is 0.219. The van der Waals surface area contributed by atoms with Gasteiger partial charge in [0.2, 0.25) is 0 Å². The molecule has 4 aromatic rings. The van der Waals surface area contributed by atoms with Crippen LogP contribution in [0.3, 0.4) is 0 Å².